The number of amides is 2. The van der Waals surface area contributed by atoms with Crippen LogP contribution in [0.3, 0.4) is 0 Å². The number of nitrogens with one attached hydrogen (secondary N) is 3. The standard InChI is InChI=1S/C22H19N3O5S/c1-14-2-6-16(7-3-14)25-31(28,29)18-9-4-15(5-10-18)22(27)23-17-8-11-20-19(12-17)24-21(26)13-30-20/h2-12,25H,13H2,1H3,(H,23,27)(H,24,26). The molecule has 2 amide bonds. The van der Waals surface area contributed by atoms with E-state index in [-0.39, 0.29) is 23.0 Å². The second kappa shape index (κ2) is 8.11. The summed E-state index contributed by atoms with van der Waals surface area (Å²) >= 11 is 0. The van der Waals surface area contributed by atoms with Crippen LogP contribution < -0.4 is 20.1 Å². The van der Waals surface area contributed by atoms with Crippen molar-refractivity contribution in [3.63, 3.8) is 0 Å². The van der Waals surface area contributed by atoms with Gasteiger partial charge in [-0.3, -0.25) is 14.3 Å². The number of hydrogen-bond donors (Lipinski definition) is 3. The van der Waals surface area contributed by atoms with Crippen LogP contribution in [0.2, 0.25) is 0 Å². The lowest BCUT2D eigenvalue weighted by Gasteiger charge is -2.18. The van der Waals surface area contributed by atoms with Gasteiger partial charge in [0.25, 0.3) is 21.8 Å². The number of rotatable bonds is 5. The minimum absolute atomic E-state index is 0.0401. The van der Waals surface area contributed by atoms with Gasteiger partial charge in [-0.2, -0.15) is 0 Å². The number of aryl methyl sites for hydroxylation is 1. The van der Waals surface area contributed by atoms with Crippen LogP contribution in [-0.2, 0) is 14.8 Å². The van der Waals surface area contributed by atoms with Crippen molar-refractivity contribution >= 4 is 38.9 Å². The van der Waals surface area contributed by atoms with Crippen LogP contribution >= 0.6 is 0 Å². The zero-order chi connectivity index (χ0) is 22.0. The highest BCUT2D eigenvalue weighted by Gasteiger charge is 2.18. The van der Waals surface area contributed by atoms with Crippen LogP contribution in [0.1, 0.15) is 15.9 Å². The Bertz CT molecular complexity index is 1250. The van der Waals surface area contributed by atoms with Crippen molar-refractivity contribution in [1.82, 2.24) is 0 Å². The maximum Gasteiger partial charge on any atom is 0.262 e. The molecule has 4 rings (SSSR count). The molecule has 0 saturated carbocycles. The summed E-state index contributed by atoms with van der Waals surface area (Å²) in [7, 11) is -3.78. The molecule has 0 aromatic heterocycles. The summed E-state index contributed by atoms with van der Waals surface area (Å²) in [5, 5.41) is 5.39. The Morgan fingerprint density at radius 1 is 0.968 bits per heavy atom. The molecule has 0 fully saturated rings. The van der Waals surface area contributed by atoms with E-state index in [2.05, 4.69) is 15.4 Å². The number of hydrogen-bond acceptors (Lipinski definition) is 5. The van der Waals surface area contributed by atoms with Gasteiger partial charge in [-0.05, 0) is 61.5 Å². The van der Waals surface area contributed by atoms with Crippen LogP contribution in [0.5, 0.6) is 5.75 Å². The van der Waals surface area contributed by atoms with Crippen molar-refractivity contribution in [3.05, 3.63) is 77.9 Å². The van der Waals surface area contributed by atoms with E-state index in [1.807, 2.05) is 19.1 Å². The molecular formula is C22H19N3O5S. The Labute approximate surface area is 179 Å². The minimum atomic E-state index is -3.78. The molecule has 1 heterocycles. The second-order valence-electron chi connectivity index (χ2n) is 7.00. The molecule has 3 N–H and O–H groups in total. The number of carbonyl (C=O) groups excluding carboxylic acids is 2. The quantitative estimate of drug-likeness (QED) is 0.566. The number of fused-ring (bicyclic) bond motifs is 1. The largest absolute Gasteiger partial charge is 0.482 e. The summed E-state index contributed by atoms with van der Waals surface area (Å²) in [4.78, 5) is 24.0. The lowest BCUT2D eigenvalue weighted by Crippen LogP contribution is -2.25. The Kier molecular flexibility index (Phi) is 5.35. The van der Waals surface area contributed by atoms with Gasteiger partial charge in [0.1, 0.15) is 5.75 Å². The SMILES string of the molecule is Cc1ccc(NS(=O)(=O)c2ccc(C(=O)Nc3ccc4c(c3)NC(=O)CO4)cc2)cc1. The van der Waals surface area contributed by atoms with Gasteiger partial charge in [0.05, 0.1) is 10.6 Å². The van der Waals surface area contributed by atoms with Gasteiger partial charge in [-0.15, -0.1) is 0 Å². The average Bonchev–Trinajstić information content (AvgIpc) is 2.75. The molecule has 0 atom stereocenters. The van der Waals surface area contributed by atoms with E-state index in [9.17, 15) is 18.0 Å². The van der Waals surface area contributed by atoms with E-state index in [1.165, 1.54) is 24.3 Å². The molecule has 0 aliphatic carbocycles. The van der Waals surface area contributed by atoms with Gasteiger partial charge in [-0.1, -0.05) is 17.7 Å². The third-order valence-corrected chi connectivity index (χ3v) is 6.00. The molecule has 0 bridgehead atoms. The lowest BCUT2D eigenvalue weighted by atomic mass is 10.2. The topological polar surface area (TPSA) is 114 Å². The molecule has 9 heteroatoms. The van der Waals surface area contributed by atoms with E-state index >= 15 is 0 Å². The summed E-state index contributed by atoms with van der Waals surface area (Å²) in [6.07, 6.45) is 0. The lowest BCUT2D eigenvalue weighted by molar-refractivity contribution is -0.118. The number of sulfonamides is 1. The maximum atomic E-state index is 12.6. The molecule has 0 spiro atoms. The van der Waals surface area contributed by atoms with Gasteiger partial charge in [0, 0.05) is 16.9 Å². The first-order valence-corrected chi connectivity index (χ1v) is 10.9. The Morgan fingerprint density at radius 3 is 2.35 bits per heavy atom. The summed E-state index contributed by atoms with van der Waals surface area (Å²) in [5.41, 5.74) is 2.69. The van der Waals surface area contributed by atoms with Crippen LogP contribution in [0, 0.1) is 6.92 Å². The predicted octanol–water partition coefficient (Wildman–Crippen LogP) is 3.38. The van der Waals surface area contributed by atoms with Crippen molar-refractivity contribution in [1.29, 1.82) is 0 Å². The summed E-state index contributed by atoms with van der Waals surface area (Å²) in [5.74, 6) is -0.168. The fourth-order valence-corrected chi connectivity index (χ4v) is 4.04. The molecule has 0 radical (unpaired) electrons. The predicted molar refractivity (Wildman–Crippen MR) is 117 cm³/mol. The van der Waals surface area contributed by atoms with Gasteiger partial charge in [0.15, 0.2) is 6.61 Å². The van der Waals surface area contributed by atoms with Crippen molar-refractivity contribution in [2.45, 2.75) is 11.8 Å². The molecule has 1 aliphatic rings. The fraction of sp³-hybridized carbons (Fsp3) is 0.0909. The van der Waals surface area contributed by atoms with Crippen molar-refractivity contribution in [3.8, 4) is 5.75 Å². The van der Waals surface area contributed by atoms with E-state index in [0.717, 1.165) is 5.56 Å². The van der Waals surface area contributed by atoms with Crippen LogP contribution in [0.25, 0.3) is 0 Å². The minimum Gasteiger partial charge on any atom is -0.482 e. The number of anilines is 3. The molecule has 31 heavy (non-hydrogen) atoms. The molecule has 1 aliphatic heterocycles. The normalized spacial score (nSPS) is 12.9. The molecule has 3 aromatic rings. The molecule has 0 unspecified atom stereocenters. The molecule has 8 nitrogen and oxygen atoms in total. The highest BCUT2D eigenvalue weighted by Crippen LogP contribution is 2.30. The molecular weight excluding hydrogens is 418 g/mol. The fourth-order valence-electron chi connectivity index (χ4n) is 2.99. The molecule has 158 valence electrons. The molecule has 0 saturated heterocycles. The first-order chi connectivity index (χ1) is 14.8. The number of carbonyl (C=O) groups is 2. The molecule has 3 aromatic carbocycles. The highest BCUT2D eigenvalue weighted by atomic mass is 32.2. The Hall–Kier alpha value is -3.85. The van der Waals surface area contributed by atoms with Gasteiger partial charge < -0.3 is 15.4 Å². The van der Waals surface area contributed by atoms with Gasteiger partial charge in [0.2, 0.25) is 0 Å². The van der Waals surface area contributed by atoms with Gasteiger partial charge >= 0.3 is 0 Å². The maximum absolute atomic E-state index is 12.6. The number of ether oxygens (including phenoxy) is 1. The van der Waals surface area contributed by atoms with Crippen molar-refractivity contribution in [2.75, 3.05) is 22.0 Å². The first kappa shape index (κ1) is 20.4. The average molecular weight is 437 g/mol. The number of benzene rings is 3. The second-order valence-corrected chi connectivity index (χ2v) is 8.68. The first-order valence-electron chi connectivity index (χ1n) is 9.38. The zero-order valence-electron chi connectivity index (χ0n) is 16.5. The monoisotopic (exact) mass is 437 g/mol. The summed E-state index contributed by atoms with van der Waals surface area (Å²) < 4.78 is 32.9. The van der Waals surface area contributed by atoms with E-state index in [0.29, 0.717) is 22.8 Å². The van der Waals surface area contributed by atoms with E-state index in [1.54, 1.807) is 30.3 Å². The Balaban J connectivity index is 1.46. The van der Waals surface area contributed by atoms with Crippen LogP contribution in [0.4, 0.5) is 17.1 Å². The third-order valence-electron chi connectivity index (χ3n) is 4.60. The van der Waals surface area contributed by atoms with E-state index < -0.39 is 15.9 Å². The summed E-state index contributed by atoms with van der Waals surface area (Å²) in [6, 6.07) is 17.5. The third kappa shape index (κ3) is 4.67. The highest BCUT2D eigenvalue weighted by molar-refractivity contribution is 7.92. The van der Waals surface area contributed by atoms with Crippen molar-refractivity contribution in [2.24, 2.45) is 0 Å². The summed E-state index contributed by atoms with van der Waals surface area (Å²) in [6.45, 7) is 1.86. The Morgan fingerprint density at radius 2 is 1.65 bits per heavy atom. The van der Waals surface area contributed by atoms with Crippen molar-refractivity contribution < 1.29 is 22.7 Å². The zero-order valence-corrected chi connectivity index (χ0v) is 17.3. The van der Waals surface area contributed by atoms with Crippen LogP contribution in [-0.4, -0.2) is 26.8 Å². The van der Waals surface area contributed by atoms with Crippen LogP contribution in [0.15, 0.2) is 71.6 Å². The van der Waals surface area contributed by atoms with E-state index in [4.69, 9.17) is 4.74 Å². The van der Waals surface area contributed by atoms with Gasteiger partial charge in [-0.25, -0.2) is 8.42 Å². The smallest absolute Gasteiger partial charge is 0.262 e.